The molecule has 0 unspecified atom stereocenters. The van der Waals surface area contributed by atoms with E-state index in [4.69, 9.17) is 5.73 Å². The maximum absolute atomic E-state index is 10.4. The number of carbonyl (C=O) groups excluding carboxylic acids is 1. The molecule has 0 aromatic rings. The molecule has 0 bridgehead atoms. The summed E-state index contributed by atoms with van der Waals surface area (Å²) in [4.78, 5) is 10.4. The Morgan fingerprint density at radius 1 is 0.833 bits per heavy atom. The Bertz CT molecular complexity index is 346. The Hall–Kier alpha value is -1.83. The van der Waals surface area contributed by atoms with Crippen LogP contribution in [0.4, 0.5) is 0 Å². The number of unbranched alkanes of at least 4 members (excludes halogenated alkanes) is 2. The first-order valence-electron chi connectivity index (χ1n) is 6.33. The molecule has 0 saturated heterocycles. The molecule has 2 nitrogen and oxygen atoms in total. The number of hydrogen-bond acceptors (Lipinski definition) is 1. The average molecular weight is 245 g/mol. The van der Waals surface area contributed by atoms with Crippen LogP contribution < -0.4 is 5.73 Å². The number of allylic oxidation sites excluding steroid dienone is 9. The second kappa shape index (κ2) is 13.2. The van der Waals surface area contributed by atoms with Crippen LogP contribution in [0.15, 0.2) is 60.8 Å². The SMILES string of the molecule is CC=CCCC=CCCC=CC=CC=CC(N)=O. The minimum Gasteiger partial charge on any atom is -0.366 e. The third kappa shape index (κ3) is 14.2. The highest BCUT2D eigenvalue weighted by molar-refractivity contribution is 5.85. The van der Waals surface area contributed by atoms with Gasteiger partial charge in [0.05, 0.1) is 0 Å². The van der Waals surface area contributed by atoms with Crippen molar-refractivity contribution < 1.29 is 4.79 Å². The van der Waals surface area contributed by atoms with E-state index in [1.54, 1.807) is 12.2 Å². The third-order valence-corrected chi connectivity index (χ3v) is 2.13. The van der Waals surface area contributed by atoms with Crippen LogP contribution in [0.5, 0.6) is 0 Å². The summed E-state index contributed by atoms with van der Waals surface area (Å²) >= 11 is 0. The Balaban J connectivity index is 3.51. The van der Waals surface area contributed by atoms with Gasteiger partial charge in [-0.1, -0.05) is 54.7 Å². The van der Waals surface area contributed by atoms with Crippen molar-refractivity contribution >= 4 is 5.91 Å². The summed E-state index contributed by atoms with van der Waals surface area (Å²) < 4.78 is 0. The molecule has 0 spiro atoms. The summed E-state index contributed by atoms with van der Waals surface area (Å²) in [6.07, 6.45) is 23.7. The maximum atomic E-state index is 10.4. The van der Waals surface area contributed by atoms with E-state index in [1.165, 1.54) is 6.08 Å². The van der Waals surface area contributed by atoms with Crippen molar-refractivity contribution in [2.24, 2.45) is 5.73 Å². The number of nitrogens with two attached hydrogens (primary N) is 1. The van der Waals surface area contributed by atoms with Gasteiger partial charge in [0.25, 0.3) is 0 Å². The third-order valence-electron chi connectivity index (χ3n) is 2.13. The summed E-state index contributed by atoms with van der Waals surface area (Å²) in [6, 6.07) is 0. The summed E-state index contributed by atoms with van der Waals surface area (Å²) in [6.45, 7) is 2.04. The summed E-state index contributed by atoms with van der Waals surface area (Å²) in [5.74, 6) is -0.424. The maximum Gasteiger partial charge on any atom is 0.241 e. The minimum atomic E-state index is -0.424. The van der Waals surface area contributed by atoms with E-state index < -0.39 is 5.91 Å². The van der Waals surface area contributed by atoms with Gasteiger partial charge in [0.1, 0.15) is 0 Å². The molecule has 2 heteroatoms. The minimum absolute atomic E-state index is 0.424. The summed E-state index contributed by atoms with van der Waals surface area (Å²) in [7, 11) is 0. The van der Waals surface area contributed by atoms with Crippen LogP contribution in [0.25, 0.3) is 0 Å². The van der Waals surface area contributed by atoms with E-state index in [1.807, 2.05) is 19.1 Å². The Labute approximate surface area is 110 Å². The fourth-order valence-electron chi connectivity index (χ4n) is 1.24. The van der Waals surface area contributed by atoms with Gasteiger partial charge >= 0.3 is 0 Å². The zero-order chi connectivity index (χ0) is 13.5. The first-order chi connectivity index (χ1) is 8.77. The first kappa shape index (κ1) is 16.2. The lowest BCUT2D eigenvalue weighted by Gasteiger charge is -1.87. The molecule has 2 N–H and O–H groups in total. The largest absolute Gasteiger partial charge is 0.366 e. The van der Waals surface area contributed by atoms with Gasteiger partial charge in [0.2, 0.25) is 5.91 Å². The predicted octanol–water partition coefficient (Wildman–Crippen LogP) is 3.83. The van der Waals surface area contributed by atoms with Crippen molar-refractivity contribution in [3.63, 3.8) is 0 Å². The van der Waals surface area contributed by atoms with Gasteiger partial charge < -0.3 is 5.73 Å². The lowest BCUT2D eigenvalue weighted by molar-refractivity contribution is -0.113. The van der Waals surface area contributed by atoms with Gasteiger partial charge in [-0.15, -0.1) is 0 Å². The second-order valence-electron chi connectivity index (χ2n) is 3.77. The zero-order valence-electron chi connectivity index (χ0n) is 11.1. The van der Waals surface area contributed by atoms with Gasteiger partial charge in [-0.2, -0.15) is 0 Å². The molecular weight excluding hydrogens is 222 g/mol. The van der Waals surface area contributed by atoms with Crippen LogP contribution in [0.2, 0.25) is 0 Å². The molecule has 0 aliphatic rings. The van der Waals surface area contributed by atoms with Crippen molar-refractivity contribution in [1.29, 1.82) is 0 Å². The molecule has 0 saturated carbocycles. The molecule has 0 heterocycles. The Kier molecular flexibility index (Phi) is 11.9. The fraction of sp³-hybridized carbons (Fsp3) is 0.312. The van der Waals surface area contributed by atoms with Crippen LogP contribution in [-0.4, -0.2) is 5.91 Å². The number of hydrogen-bond donors (Lipinski definition) is 1. The smallest absolute Gasteiger partial charge is 0.241 e. The van der Waals surface area contributed by atoms with E-state index in [-0.39, 0.29) is 0 Å². The van der Waals surface area contributed by atoms with E-state index in [9.17, 15) is 4.79 Å². The zero-order valence-corrected chi connectivity index (χ0v) is 11.1. The van der Waals surface area contributed by atoms with Crippen molar-refractivity contribution in [1.82, 2.24) is 0 Å². The molecular formula is C16H23NO. The highest BCUT2D eigenvalue weighted by Crippen LogP contribution is 1.97. The molecule has 1 amide bonds. The van der Waals surface area contributed by atoms with Crippen LogP contribution in [0.1, 0.15) is 32.6 Å². The van der Waals surface area contributed by atoms with Gasteiger partial charge in [-0.3, -0.25) is 4.79 Å². The summed E-state index contributed by atoms with van der Waals surface area (Å²) in [5.41, 5.74) is 4.94. The van der Waals surface area contributed by atoms with Crippen molar-refractivity contribution in [3.8, 4) is 0 Å². The Morgan fingerprint density at radius 2 is 1.39 bits per heavy atom. The van der Waals surface area contributed by atoms with Crippen LogP contribution in [0.3, 0.4) is 0 Å². The monoisotopic (exact) mass is 245 g/mol. The number of carbonyl (C=O) groups is 1. The van der Waals surface area contributed by atoms with Crippen LogP contribution >= 0.6 is 0 Å². The lowest BCUT2D eigenvalue weighted by Crippen LogP contribution is -2.04. The molecule has 0 aromatic carbocycles. The molecule has 0 radical (unpaired) electrons. The number of primary amides is 1. The molecule has 0 fully saturated rings. The second-order valence-corrected chi connectivity index (χ2v) is 3.77. The van der Waals surface area contributed by atoms with E-state index in [0.29, 0.717) is 0 Å². The molecule has 18 heavy (non-hydrogen) atoms. The van der Waals surface area contributed by atoms with Crippen molar-refractivity contribution in [3.05, 3.63) is 60.8 Å². The molecule has 0 aliphatic carbocycles. The number of rotatable bonds is 9. The standard InChI is InChI=1S/C16H23NO/c1-2-3-4-5-6-7-8-9-10-11-12-13-14-15-16(17)18/h2-3,6-7,10-15H,4-5,8-9H2,1H3,(H2,17,18). The van der Waals surface area contributed by atoms with Gasteiger partial charge in [0.15, 0.2) is 0 Å². The highest BCUT2D eigenvalue weighted by Gasteiger charge is 1.78. The average Bonchev–Trinajstić information content (AvgIpc) is 2.34. The van der Waals surface area contributed by atoms with Crippen LogP contribution in [-0.2, 0) is 4.79 Å². The van der Waals surface area contributed by atoms with Crippen LogP contribution in [0, 0.1) is 0 Å². The molecule has 98 valence electrons. The topological polar surface area (TPSA) is 43.1 Å². The van der Waals surface area contributed by atoms with Gasteiger partial charge in [-0.25, -0.2) is 0 Å². The predicted molar refractivity (Wildman–Crippen MR) is 79.0 cm³/mol. The quantitative estimate of drug-likeness (QED) is 0.285. The molecule has 0 rings (SSSR count). The molecule has 0 atom stereocenters. The number of amides is 1. The fourth-order valence-corrected chi connectivity index (χ4v) is 1.24. The summed E-state index contributed by atoms with van der Waals surface area (Å²) in [5, 5.41) is 0. The Morgan fingerprint density at radius 3 is 2.00 bits per heavy atom. The highest BCUT2D eigenvalue weighted by atomic mass is 16.1. The van der Waals surface area contributed by atoms with E-state index in [0.717, 1.165) is 25.7 Å². The first-order valence-corrected chi connectivity index (χ1v) is 6.33. The van der Waals surface area contributed by atoms with E-state index in [2.05, 4.69) is 30.4 Å². The van der Waals surface area contributed by atoms with Crippen molar-refractivity contribution in [2.45, 2.75) is 32.6 Å². The lowest BCUT2D eigenvalue weighted by atomic mass is 10.2. The van der Waals surface area contributed by atoms with Crippen molar-refractivity contribution in [2.75, 3.05) is 0 Å². The normalized spacial score (nSPS) is 12.9. The van der Waals surface area contributed by atoms with Gasteiger partial charge in [0, 0.05) is 6.08 Å². The molecule has 0 aromatic heterocycles. The molecule has 0 aliphatic heterocycles. The van der Waals surface area contributed by atoms with Gasteiger partial charge in [-0.05, 0) is 32.6 Å². The van der Waals surface area contributed by atoms with E-state index >= 15 is 0 Å².